The van der Waals surface area contributed by atoms with Gasteiger partial charge >= 0.3 is 0 Å². The molecule has 0 spiro atoms. The Labute approximate surface area is 244 Å². The number of imide groups is 1. The second-order valence-corrected chi connectivity index (χ2v) is 11.3. The number of benzene rings is 2. The normalized spacial score (nSPS) is 14.8. The zero-order chi connectivity index (χ0) is 29.0. The summed E-state index contributed by atoms with van der Waals surface area (Å²) in [6, 6.07) is 19.8. The fourth-order valence-corrected chi connectivity index (χ4v) is 5.61. The molecular formula is C32H37N3O5S. The van der Waals surface area contributed by atoms with E-state index in [2.05, 4.69) is 59.3 Å². The molecule has 41 heavy (non-hydrogen) atoms. The summed E-state index contributed by atoms with van der Waals surface area (Å²) < 4.78 is 5.55. The van der Waals surface area contributed by atoms with Crippen LogP contribution in [0.1, 0.15) is 67.4 Å². The Kier molecular flexibility index (Phi) is 11.1. The fourth-order valence-electron chi connectivity index (χ4n) is 4.67. The maximum absolute atomic E-state index is 12.3. The van der Waals surface area contributed by atoms with Crippen LogP contribution in [0.2, 0.25) is 0 Å². The maximum Gasteiger partial charge on any atom is 0.257 e. The Bertz CT molecular complexity index is 1350. The van der Waals surface area contributed by atoms with Crippen molar-refractivity contribution in [1.29, 1.82) is 0 Å². The average molecular weight is 576 g/mol. The molecule has 9 heteroatoms. The number of rotatable bonds is 14. The van der Waals surface area contributed by atoms with Crippen LogP contribution in [0.15, 0.2) is 60.7 Å². The lowest BCUT2D eigenvalue weighted by atomic mass is 9.90. The highest BCUT2D eigenvalue weighted by Crippen LogP contribution is 2.29. The van der Waals surface area contributed by atoms with Gasteiger partial charge in [0.1, 0.15) is 5.75 Å². The van der Waals surface area contributed by atoms with Crippen molar-refractivity contribution in [1.82, 2.24) is 16.0 Å². The summed E-state index contributed by atoms with van der Waals surface area (Å²) in [6.45, 7) is 3.11. The molecule has 2 aromatic carbocycles. The van der Waals surface area contributed by atoms with Crippen molar-refractivity contribution in [3.8, 4) is 16.2 Å². The number of unbranched alkanes of at least 4 members (excludes halogenated alkanes) is 2. The van der Waals surface area contributed by atoms with Gasteiger partial charge in [0.05, 0.1) is 12.5 Å². The average Bonchev–Trinajstić information content (AvgIpc) is 3.46. The number of ether oxygens (including phenoxy) is 1. The van der Waals surface area contributed by atoms with Crippen LogP contribution in [0.3, 0.4) is 0 Å². The molecule has 0 bridgehead atoms. The van der Waals surface area contributed by atoms with Crippen molar-refractivity contribution < 1.29 is 23.9 Å². The van der Waals surface area contributed by atoms with E-state index >= 15 is 0 Å². The summed E-state index contributed by atoms with van der Waals surface area (Å²) in [5.74, 6) is -0.513. The summed E-state index contributed by atoms with van der Waals surface area (Å²) >= 11 is 1.70. The van der Waals surface area contributed by atoms with Crippen molar-refractivity contribution in [2.24, 2.45) is 0 Å². The number of piperidine rings is 1. The second-order valence-electron chi connectivity index (χ2n) is 10.1. The minimum Gasteiger partial charge on any atom is -0.484 e. The number of thiophene rings is 1. The Morgan fingerprint density at radius 1 is 0.976 bits per heavy atom. The standard InChI is InChI=1S/C32H37N3O5S/c1-2-22-7-6-8-24(19-22)28-16-14-26(41-28)20-34-29(36)9-4-3-5-18-33-31(38)21-40-25-12-10-23(11-13-25)27-15-17-30(37)35-32(27)39/h6-8,10-14,16,19,27H,2-5,9,15,17-18,20-21H2,1H3,(H,33,38)(H,34,36)(H,35,37,39). The highest BCUT2D eigenvalue weighted by atomic mass is 32.1. The maximum atomic E-state index is 12.3. The Balaban J connectivity index is 1.05. The molecule has 0 saturated carbocycles. The van der Waals surface area contributed by atoms with E-state index in [1.165, 1.54) is 16.0 Å². The molecule has 3 aromatic rings. The molecule has 1 atom stereocenters. The lowest BCUT2D eigenvalue weighted by Crippen LogP contribution is -2.39. The number of carbonyl (C=O) groups excluding carboxylic acids is 4. The first-order chi connectivity index (χ1) is 19.9. The SMILES string of the molecule is CCc1cccc(-c2ccc(CNC(=O)CCCCCNC(=O)COc3ccc(C4CCC(=O)NC4=O)cc3)s2)c1. The highest BCUT2D eigenvalue weighted by molar-refractivity contribution is 7.15. The summed E-state index contributed by atoms with van der Waals surface area (Å²) in [5.41, 5.74) is 3.34. The molecule has 1 aromatic heterocycles. The predicted octanol–water partition coefficient (Wildman–Crippen LogP) is 4.87. The zero-order valence-electron chi connectivity index (χ0n) is 23.4. The minimum atomic E-state index is -0.348. The van der Waals surface area contributed by atoms with E-state index in [4.69, 9.17) is 4.74 Å². The van der Waals surface area contributed by atoms with Crippen molar-refractivity contribution in [3.63, 3.8) is 0 Å². The molecule has 216 valence electrons. The summed E-state index contributed by atoms with van der Waals surface area (Å²) in [7, 11) is 0. The van der Waals surface area contributed by atoms with E-state index in [1.807, 2.05) is 0 Å². The Morgan fingerprint density at radius 3 is 2.59 bits per heavy atom. The molecule has 1 aliphatic heterocycles. The first-order valence-electron chi connectivity index (χ1n) is 14.2. The number of nitrogens with one attached hydrogen (secondary N) is 3. The van der Waals surface area contributed by atoms with E-state index in [0.717, 1.165) is 36.1 Å². The fraction of sp³-hybridized carbons (Fsp3) is 0.375. The summed E-state index contributed by atoms with van der Waals surface area (Å²) in [6.07, 6.45) is 4.67. The van der Waals surface area contributed by atoms with Crippen LogP contribution in [0.4, 0.5) is 0 Å². The van der Waals surface area contributed by atoms with Gasteiger partial charge in [-0.25, -0.2) is 0 Å². The van der Waals surface area contributed by atoms with Crippen LogP contribution in [-0.2, 0) is 32.1 Å². The number of amides is 4. The van der Waals surface area contributed by atoms with Crippen LogP contribution in [0, 0.1) is 0 Å². The molecule has 4 amide bonds. The van der Waals surface area contributed by atoms with E-state index in [-0.39, 0.29) is 36.2 Å². The number of carbonyl (C=O) groups is 4. The zero-order valence-corrected chi connectivity index (χ0v) is 24.2. The van der Waals surface area contributed by atoms with Gasteiger partial charge in [0.15, 0.2) is 6.61 Å². The molecule has 8 nitrogen and oxygen atoms in total. The van der Waals surface area contributed by atoms with Crippen LogP contribution in [0.5, 0.6) is 5.75 Å². The van der Waals surface area contributed by atoms with Crippen LogP contribution in [-0.4, -0.2) is 36.8 Å². The topological polar surface area (TPSA) is 114 Å². The van der Waals surface area contributed by atoms with Gasteiger partial charge in [0.2, 0.25) is 17.7 Å². The number of hydrogen-bond acceptors (Lipinski definition) is 6. The molecular weight excluding hydrogens is 538 g/mol. The van der Waals surface area contributed by atoms with E-state index < -0.39 is 0 Å². The van der Waals surface area contributed by atoms with Gasteiger partial charge in [0, 0.05) is 29.1 Å². The largest absolute Gasteiger partial charge is 0.484 e. The van der Waals surface area contributed by atoms with Gasteiger partial charge in [-0.1, -0.05) is 49.7 Å². The molecule has 1 saturated heterocycles. The second kappa shape index (κ2) is 15.1. The lowest BCUT2D eigenvalue weighted by molar-refractivity contribution is -0.134. The van der Waals surface area contributed by atoms with Gasteiger partial charge in [-0.2, -0.15) is 0 Å². The van der Waals surface area contributed by atoms with Gasteiger partial charge in [0.25, 0.3) is 5.91 Å². The van der Waals surface area contributed by atoms with E-state index in [1.54, 1.807) is 35.6 Å². The third kappa shape index (κ3) is 9.28. The third-order valence-electron chi connectivity index (χ3n) is 7.04. The van der Waals surface area contributed by atoms with Crippen LogP contribution < -0.4 is 20.7 Å². The van der Waals surface area contributed by atoms with Crippen molar-refractivity contribution >= 4 is 35.0 Å². The third-order valence-corrected chi connectivity index (χ3v) is 8.17. The van der Waals surface area contributed by atoms with Gasteiger partial charge in [-0.3, -0.25) is 24.5 Å². The Hall–Kier alpha value is -3.98. The quantitative estimate of drug-likeness (QED) is 0.188. The Morgan fingerprint density at radius 2 is 1.80 bits per heavy atom. The summed E-state index contributed by atoms with van der Waals surface area (Å²) in [4.78, 5) is 50.0. The van der Waals surface area contributed by atoms with E-state index in [0.29, 0.717) is 38.1 Å². The van der Waals surface area contributed by atoms with Crippen molar-refractivity contribution in [2.45, 2.75) is 64.3 Å². The van der Waals surface area contributed by atoms with Crippen molar-refractivity contribution in [2.75, 3.05) is 13.2 Å². The minimum absolute atomic E-state index is 0.0361. The van der Waals surface area contributed by atoms with Gasteiger partial charge in [-0.05, 0) is 66.6 Å². The van der Waals surface area contributed by atoms with Crippen LogP contribution in [0.25, 0.3) is 10.4 Å². The molecule has 1 unspecified atom stereocenters. The predicted molar refractivity (Wildman–Crippen MR) is 160 cm³/mol. The highest BCUT2D eigenvalue weighted by Gasteiger charge is 2.27. The van der Waals surface area contributed by atoms with E-state index in [9.17, 15) is 19.2 Å². The van der Waals surface area contributed by atoms with Crippen molar-refractivity contribution in [3.05, 3.63) is 76.7 Å². The number of aryl methyl sites for hydroxylation is 1. The molecule has 2 heterocycles. The molecule has 0 radical (unpaired) electrons. The molecule has 4 rings (SSSR count). The number of hydrogen-bond donors (Lipinski definition) is 3. The monoisotopic (exact) mass is 575 g/mol. The molecule has 0 aliphatic carbocycles. The van der Waals surface area contributed by atoms with Crippen LogP contribution >= 0.6 is 11.3 Å². The summed E-state index contributed by atoms with van der Waals surface area (Å²) in [5, 5.41) is 8.20. The van der Waals surface area contributed by atoms with Gasteiger partial charge in [-0.15, -0.1) is 11.3 Å². The molecule has 1 aliphatic rings. The first-order valence-corrected chi connectivity index (χ1v) is 15.0. The first kappa shape index (κ1) is 30.0. The smallest absolute Gasteiger partial charge is 0.257 e. The van der Waals surface area contributed by atoms with Gasteiger partial charge < -0.3 is 15.4 Å². The lowest BCUT2D eigenvalue weighted by Gasteiger charge is -2.21. The molecule has 1 fully saturated rings. The molecule has 3 N–H and O–H groups in total.